The van der Waals surface area contributed by atoms with Crippen LogP contribution in [0.5, 0.6) is 0 Å². The summed E-state index contributed by atoms with van der Waals surface area (Å²) in [5, 5.41) is 19.5. The Morgan fingerprint density at radius 3 is 2.29 bits per heavy atom. The molecule has 5 heteroatoms. The first kappa shape index (κ1) is 23.9. The van der Waals surface area contributed by atoms with Crippen molar-refractivity contribution in [3.8, 4) is 0 Å². The molecule has 0 spiro atoms. The van der Waals surface area contributed by atoms with Gasteiger partial charge >= 0.3 is 6.18 Å². The van der Waals surface area contributed by atoms with Gasteiger partial charge in [0.05, 0.1) is 6.10 Å². The zero-order valence-corrected chi connectivity index (χ0v) is 19.6. The number of alkyl halides is 3. The SMILES string of the molecule is C[C@H](CCCC(O)C(F)(F)F)C1CCC2C3CCC4CC(O)CCC4(C)C3CCC21C. The van der Waals surface area contributed by atoms with E-state index >= 15 is 0 Å². The second kappa shape index (κ2) is 8.49. The highest BCUT2D eigenvalue weighted by atomic mass is 19.4. The quantitative estimate of drug-likeness (QED) is 0.493. The Labute approximate surface area is 186 Å². The van der Waals surface area contributed by atoms with E-state index in [1.165, 1.54) is 44.9 Å². The lowest BCUT2D eigenvalue weighted by atomic mass is 9.44. The molecule has 9 unspecified atom stereocenters. The molecule has 4 aliphatic carbocycles. The van der Waals surface area contributed by atoms with Crippen molar-refractivity contribution in [2.24, 2.45) is 46.3 Å². The predicted octanol–water partition coefficient (Wildman–Crippen LogP) is 6.74. The van der Waals surface area contributed by atoms with Gasteiger partial charge in [0.25, 0.3) is 0 Å². The summed E-state index contributed by atoms with van der Waals surface area (Å²) < 4.78 is 37.9. The van der Waals surface area contributed by atoms with Gasteiger partial charge in [0, 0.05) is 0 Å². The van der Waals surface area contributed by atoms with E-state index in [0.717, 1.165) is 37.0 Å². The second-order valence-corrected chi connectivity index (χ2v) is 12.3. The minimum atomic E-state index is -4.49. The normalized spacial score (nSPS) is 47.2. The van der Waals surface area contributed by atoms with Crippen molar-refractivity contribution in [2.75, 3.05) is 0 Å². The van der Waals surface area contributed by atoms with E-state index in [2.05, 4.69) is 20.8 Å². The summed E-state index contributed by atoms with van der Waals surface area (Å²) in [6.07, 6.45) is 5.02. The topological polar surface area (TPSA) is 40.5 Å². The standard InChI is InChI=1S/C26H43F3O2/c1-16(5-4-6-23(31)26(27,28)29)20-9-10-21-19-8-7-17-15-18(30)11-13-24(17,2)22(19)12-14-25(20,21)3/h16-23,30-31H,4-15H2,1-3H3/t16-,17?,18?,19?,20?,21?,22?,23?,24?,25?/m1/s1. The number of rotatable bonds is 5. The number of aliphatic hydroxyl groups excluding tert-OH is 2. The lowest BCUT2D eigenvalue weighted by Crippen LogP contribution is -2.54. The molecule has 0 aromatic carbocycles. The second-order valence-electron chi connectivity index (χ2n) is 12.3. The summed E-state index contributed by atoms with van der Waals surface area (Å²) in [4.78, 5) is 0. The van der Waals surface area contributed by atoms with Crippen LogP contribution in [-0.4, -0.2) is 28.6 Å². The fourth-order valence-electron chi connectivity index (χ4n) is 9.21. The summed E-state index contributed by atoms with van der Waals surface area (Å²) >= 11 is 0. The van der Waals surface area contributed by atoms with E-state index in [9.17, 15) is 23.4 Å². The number of hydrogen-bond acceptors (Lipinski definition) is 2. The molecule has 0 bridgehead atoms. The minimum Gasteiger partial charge on any atom is -0.393 e. The fraction of sp³-hybridized carbons (Fsp3) is 1.00. The molecule has 180 valence electrons. The fourth-order valence-corrected chi connectivity index (χ4v) is 9.21. The summed E-state index contributed by atoms with van der Waals surface area (Å²) in [5.74, 6) is 4.03. The Morgan fingerprint density at radius 1 is 0.903 bits per heavy atom. The molecule has 0 aliphatic heterocycles. The van der Waals surface area contributed by atoms with Crippen LogP contribution in [0.3, 0.4) is 0 Å². The predicted molar refractivity (Wildman–Crippen MR) is 116 cm³/mol. The molecule has 0 heterocycles. The average molecular weight is 445 g/mol. The third kappa shape index (κ3) is 4.20. The molecule has 10 atom stereocenters. The van der Waals surface area contributed by atoms with Crippen LogP contribution in [0.1, 0.15) is 97.8 Å². The molecule has 4 fully saturated rings. The summed E-state index contributed by atoms with van der Waals surface area (Å²) in [6, 6.07) is 0. The van der Waals surface area contributed by atoms with Crippen molar-refractivity contribution < 1.29 is 23.4 Å². The highest BCUT2D eigenvalue weighted by molar-refractivity contribution is 5.09. The van der Waals surface area contributed by atoms with Gasteiger partial charge in [0.2, 0.25) is 0 Å². The molecule has 2 nitrogen and oxygen atoms in total. The summed E-state index contributed by atoms with van der Waals surface area (Å²) in [5.41, 5.74) is 0.710. The molecule has 0 aromatic heterocycles. The highest BCUT2D eigenvalue weighted by Gasteiger charge is 2.60. The molecule has 4 aliphatic rings. The van der Waals surface area contributed by atoms with Gasteiger partial charge < -0.3 is 10.2 Å². The third-order valence-corrected chi connectivity index (χ3v) is 10.9. The molecule has 4 saturated carbocycles. The lowest BCUT2D eigenvalue weighted by molar-refractivity contribution is -0.205. The van der Waals surface area contributed by atoms with Gasteiger partial charge in [0.15, 0.2) is 0 Å². The smallest absolute Gasteiger partial charge is 0.393 e. The first-order valence-corrected chi connectivity index (χ1v) is 12.9. The van der Waals surface area contributed by atoms with Crippen LogP contribution in [0.2, 0.25) is 0 Å². The van der Waals surface area contributed by atoms with Crippen molar-refractivity contribution >= 4 is 0 Å². The molecule has 31 heavy (non-hydrogen) atoms. The van der Waals surface area contributed by atoms with Gasteiger partial charge in [-0.3, -0.25) is 0 Å². The molecule has 0 aromatic rings. The number of fused-ring (bicyclic) bond motifs is 5. The van der Waals surface area contributed by atoms with Gasteiger partial charge in [-0.15, -0.1) is 0 Å². The Hall–Kier alpha value is -0.290. The van der Waals surface area contributed by atoms with Gasteiger partial charge in [0.1, 0.15) is 6.10 Å². The molecule has 0 amide bonds. The van der Waals surface area contributed by atoms with Crippen molar-refractivity contribution in [3.05, 3.63) is 0 Å². The Morgan fingerprint density at radius 2 is 1.58 bits per heavy atom. The van der Waals surface area contributed by atoms with Crippen molar-refractivity contribution in [1.82, 2.24) is 0 Å². The van der Waals surface area contributed by atoms with E-state index in [1.54, 1.807) is 0 Å². The zero-order chi connectivity index (χ0) is 22.6. The largest absolute Gasteiger partial charge is 0.414 e. The number of aliphatic hydroxyl groups is 2. The molecule has 0 saturated heterocycles. The van der Waals surface area contributed by atoms with Gasteiger partial charge in [-0.2, -0.15) is 13.2 Å². The minimum absolute atomic E-state index is 0.101. The van der Waals surface area contributed by atoms with Crippen molar-refractivity contribution in [2.45, 2.75) is 116 Å². The van der Waals surface area contributed by atoms with Crippen LogP contribution in [0.4, 0.5) is 13.2 Å². The van der Waals surface area contributed by atoms with E-state index < -0.39 is 12.3 Å². The number of hydrogen-bond donors (Lipinski definition) is 2. The van der Waals surface area contributed by atoms with Crippen LogP contribution in [-0.2, 0) is 0 Å². The molecule has 0 radical (unpaired) electrons. The zero-order valence-electron chi connectivity index (χ0n) is 19.6. The molecule has 2 N–H and O–H groups in total. The Balaban J connectivity index is 1.40. The maximum Gasteiger partial charge on any atom is 0.414 e. The first-order chi connectivity index (χ1) is 14.5. The van der Waals surface area contributed by atoms with E-state index in [4.69, 9.17) is 0 Å². The maximum absolute atomic E-state index is 12.6. The van der Waals surface area contributed by atoms with Crippen LogP contribution in [0, 0.1) is 46.3 Å². The van der Waals surface area contributed by atoms with Crippen LogP contribution < -0.4 is 0 Å². The Kier molecular flexibility index (Phi) is 6.53. The van der Waals surface area contributed by atoms with Gasteiger partial charge in [-0.1, -0.05) is 33.6 Å². The lowest BCUT2D eigenvalue weighted by Gasteiger charge is -2.61. The van der Waals surface area contributed by atoms with Crippen LogP contribution in [0.15, 0.2) is 0 Å². The first-order valence-electron chi connectivity index (χ1n) is 12.9. The Bertz CT molecular complexity index is 637. The van der Waals surface area contributed by atoms with E-state index in [1.807, 2.05) is 0 Å². The summed E-state index contributed by atoms with van der Waals surface area (Å²) in [6.45, 7) is 7.25. The van der Waals surface area contributed by atoms with Crippen LogP contribution >= 0.6 is 0 Å². The molecular formula is C26H43F3O2. The van der Waals surface area contributed by atoms with Gasteiger partial charge in [-0.25, -0.2) is 0 Å². The monoisotopic (exact) mass is 444 g/mol. The van der Waals surface area contributed by atoms with Gasteiger partial charge in [-0.05, 0) is 111 Å². The highest BCUT2D eigenvalue weighted by Crippen LogP contribution is 2.68. The molecule has 4 rings (SSSR count). The third-order valence-electron chi connectivity index (χ3n) is 10.9. The number of halogens is 3. The maximum atomic E-state index is 12.6. The molecular weight excluding hydrogens is 401 g/mol. The van der Waals surface area contributed by atoms with E-state index in [-0.39, 0.29) is 12.5 Å². The van der Waals surface area contributed by atoms with Crippen LogP contribution in [0.25, 0.3) is 0 Å². The van der Waals surface area contributed by atoms with Crippen molar-refractivity contribution in [3.63, 3.8) is 0 Å². The van der Waals surface area contributed by atoms with E-state index in [0.29, 0.717) is 35.0 Å². The van der Waals surface area contributed by atoms with Crippen molar-refractivity contribution in [1.29, 1.82) is 0 Å². The average Bonchev–Trinajstić information content (AvgIpc) is 3.05. The summed E-state index contributed by atoms with van der Waals surface area (Å²) in [7, 11) is 0.